The molecule has 0 saturated carbocycles. The van der Waals surface area contributed by atoms with Gasteiger partial charge in [-0.15, -0.1) is 0 Å². The summed E-state index contributed by atoms with van der Waals surface area (Å²) in [4.78, 5) is 9.06. The van der Waals surface area contributed by atoms with E-state index in [-0.39, 0.29) is 0 Å². The summed E-state index contributed by atoms with van der Waals surface area (Å²) in [6, 6.07) is 3.67. The lowest BCUT2D eigenvalue weighted by molar-refractivity contribution is -0.104. The van der Waals surface area contributed by atoms with E-state index < -0.39 is 0 Å². The Labute approximate surface area is 53.8 Å². The molecule has 0 spiro atoms. The molecule has 0 unspecified atom stereocenters. The molecule has 0 amide bonds. The summed E-state index contributed by atoms with van der Waals surface area (Å²) in [5, 5.41) is 0. The second-order valence-corrected chi connectivity index (χ2v) is 1.16. The van der Waals surface area contributed by atoms with Crippen LogP contribution in [0.25, 0.3) is 0 Å². The summed E-state index contributed by atoms with van der Waals surface area (Å²) in [6.45, 7) is 3.11. The molecule has 0 saturated heterocycles. The van der Waals surface area contributed by atoms with E-state index in [1.807, 2.05) is 12.1 Å². The van der Waals surface area contributed by atoms with E-state index in [2.05, 4.69) is 11.0 Å². The normalized spacial score (nSPS) is 6.67. The molecule has 2 heteroatoms. The van der Waals surface area contributed by atoms with E-state index in [1.54, 1.807) is 12.5 Å². The molecule has 1 aromatic heterocycles. The Morgan fingerprint density at radius 3 is 1.89 bits per heavy atom. The van der Waals surface area contributed by atoms with Gasteiger partial charge in [0.15, 0.2) is 0 Å². The van der Waals surface area contributed by atoms with Crippen molar-refractivity contribution in [2.45, 2.75) is 0 Å². The molecule has 0 radical (unpaired) electrons. The van der Waals surface area contributed by atoms with E-state index in [0.29, 0.717) is 6.29 Å². The number of hydrogen-bond acceptors (Lipinski definition) is 2. The summed E-state index contributed by atoms with van der Waals surface area (Å²) in [7, 11) is 0. The van der Waals surface area contributed by atoms with Crippen LogP contribution in [0.3, 0.4) is 0 Å². The molecule has 48 valence electrons. The lowest BCUT2D eigenvalue weighted by Crippen LogP contribution is -1.44. The van der Waals surface area contributed by atoms with Crippen molar-refractivity contribution in [1.82, 2.24) is 0 Å². The molecule has 9 heavy (non-hydrogen) atoms. The van der Waals surface area contributed by atoms with E-state index in [9.17, 15) is 0 Å². The summed E-state index contributed by atoms with van der Waals surface area (Å²) < 4.78 is 4.58. The summed E-state index contributed by atoms with van der Waals surface area (Å²) in [5.74, 6) is 0. The zero-order valence-electron chi connectivity index (χ0n) is 4.99. The smallest absolute Gasteiger partial charge is 0.142 e. The van der Waals surface area contributed by atoms with Gasteiger partial charge < -0.3 is 4.42 Å². The number of carbonyl (C=O) groups is 1. The molecule has 1 aromatic rings. The Balaban J connectivity index is 0.000000148. The first-order valence-electron chi connectivity index (χ1n) is 2.45. The fourth-order valence-corrected chi connectivity index (χ4v) is 0.227. The lowest BCUT2D eigenvalue weighted by atomic mass is 10.7. The minimum absolute atomic E-state index is 0.639. The molecule has 0 aromatic carbocycles. The molecule has 0 aliphatic rings. The van der Waals surface area contributed by atoms with Gasteiger partial charge in [0.1, 0.15) is 6.29 Å². The van der Waals surface area contributed by atoms with Crippen molar-refractivity contribution in [3.63, 3.8) is 0 Å². The minimum atomic E-state index is 0.639. The van der Waals surface area contributed by atoms with Gasteiger partial charge in [0.05, 0.1) is 12.5 Å². The molecule has 0 aliphatic carbocycles. The molecule has 0 N–H and O–H groups in total. The summed E-state index contributed by atoms with van der Waals surface area (Å²) >= 11 is 0. The van der Waals surface area contributed by atoms with Crippen molar-refractivity contribution in [2.24, 2.45) is 0 Å². The molecular weight excluding hydrogens is 116 g/mol. The highest BCUT2D eigenvalue weighted by atomic mass is 16.3. The highest BCUT2D eigenvalue weighted by Crippen LogP contribution is 1.79. The van der Waals surface area contributed by atoms with Crippen LogP contribution in [0, 0.1) is 0 Å². The first-order valence-corrected chi connectivity index (χ1v) is 2.45. The van der Waals surface area contributed by atoms with Gasteiger partial charge in [-0.05, 0) is 18.2 Å². The maximum absolute atomic E-state index is 9.06. The van der Waals surface area contributed by atoms with Crippen LogP contribution in [0.2, 0.25) is 0 Å². The zero-order valence-corrected chi connectivity index (χ0v) is 4.99. The SMILES string of the molecule is C=CC=O.c1ccoc1. The van der Waals surface area contributed by atoms with Crippen molar-refractivity contribution in [3.8, 4) is 0 Å². The van der Waals surface area contributed by atoms with E-state index in [0.717, 1.165) is 0 Å². The van der Waals surface area contributed by atoms with Crippen LogP contribution in [0.5, 0.6) is 0 Å². The van der Waals surface area contributed by atoms with Gasteiger partial charge in [0.25, 0.3) is 0 Å². The Morgan fingerprint density at radius 2 is 1.78 bits per heavy atom. The fourth-order valence-electron chi connectivity index (χ4n) is 0.227. The van der Waals surface area contributed by atoms with Crippen LogP contribution in [0.1, 0.15) is 0 Å². The van der Waals surface area contributed by atoms with Gasteiger partial charge in [-0.1, -0.05) is 6.58 Å². The van der Waals surface area contributed by atoms with Crippen LogP contribution < -0.4 is 0 Å². The fraction of sp³-hybridized carbons (Fsp3) is 0. The summed E-state index contributed by atoms with van der Waals surface area (Å²) in [6.07, 6.45) is 5.08. The van der Waals surface area contributed by atoms with Gasteiger partial charge in [-0.2, -0.15) is 0 Å². The molecule has 1 heterocycles. The third-order valence-corrected chi connectivity index (χ3v) is 0.522. The van der Waals surface area contributed by atoms with Gasteiger partial charge >= 0.3 is 0 Å². The van der Waals surface area contributed by atoms with E-state index in [1.165, 1.54) is 6.08 Å². The number of carbonyl (C=O) groups excluding carboxylic acids is 1. The predicted molar refractivity (Wildman–Crippen MR) is 35.0 cm³/mol. The maximum atomic E-state index is 9.06. The second kappa shape index (κ2) is 6.69. The number of hydrogen-bond donors (Lipinski definition) is 0. The quantitative estimate of drug-likeness (QED) is 0.421. The molecule has 0 fully saturated rings. The van der Waals surface area contributed by atoms with E-state index in [4.69, 9.17) is 4.79 Å². The maximum Gasteiger partial charge on any atom is 0.142 e. The second-order valence-electron chi connectivity index (χ2n) is 1.16. The van der Waals surface area contributed by atoms with Gasteiger partial charge in [-0.25, -0.2) is 0 Å². The van der Waals surface area contributed by atoms with Gasteiger partial charge in [0.2, 0.25) is 0 Å². The Hall–Kier alpha value is -1.31. The predicted octanol–water partition coefficient (Wildman–Crippen LogP) is 1.65. The molecule has 0 bridgehead atoms. The highest BCUT2D eigenvalue weighted by molar-refractivity contribution is 5.63. The monoisotopic (exact) mass is 124 g/mol. The molecule has 0 atom stereocenters. The zero-order chi connectivity index (χ0) is 6.95. The molecule has 2 nitrogen and oxygen atoms in total. The van der Waals surface area contributed by atoms with Crippen molar-refractivity contribution < 1.29 is 9.21 Å². The van der Waals surface area contributed by atoms with E-state index >= 15 is 0 Å². The van der Waals surface area contributed by atoms with Crippen molar-refractivity contribution in [3.05, 3.63) is 37.3 Å². The Bertz CT molecular complexity index is 119. The number of allylic oxidation sites excluding steroid dienone is 1. The van der Waals surface area contributed by atoms with Crippen LogP contribution >= 0.6 is 0 Å². The van der Waals surface area contributed by atoms with Crippen LogP contribution in [0.4, 0.5) is 0 Å². The van der Waals surface area contributed by atoms with Crippen LogP contribution in [-0.4, -0.2) is 6.29 Å². The number of furan rings is 1. The third kappa shape index (κ3) is 6.69. The Kier molecular flexibility index (Phi) is 5.72. The lowest BCUT2D eigenvalue weighted by Gasteiger charge is -1.50. The first kappa shape index (κ1) is 7.69. The van der Waals surface area contributed by atoms with Gasteiger partial charge in [-0.3, -0.25) is 4.79 Å². The van der Waals surface area contributed by atoms with Crippen molar-refractivity contribution in [2.75, 3.05) is 0 Å². The average molecular weight is 124 g/mol. The average Bonchev–Trinajstić information content (AvgIpc) is 2.43. The Morgan fingerprint density at radius 1 is 1.33 bits per heavy atom. The number of rotatable bonds is 1. The minimum Gasteiger partial charge on any atom is -0.473 e. The largest absolute Gasteiger partial charge is 0.473 e. The van der Waals surface area contributed by atoms with Crippen molar-refractivity contribution in [1.29, 1.82) is 0 Å². The molecular formula is C7H8O2. The topological polar surface area (TPSA) is 30.2 Å². The summed E-state index contributed by atoms with van der Waals surface area (Å²) in [5.41, 5.74) is 0. The highest BCUT2D eigenvalue weighted by Gasteiger charge is 1.58. The van der Waals surface area contributed by atoms with Crippen molar-refractivity contribution >= 4 is 6.29 Å². The third-order valence-electron chi connectivity index (χ3n) is 0.522. The molecule has 1 rings (SSSR count). The molecule has 0 aliphatic heterocycles. The number of aldehydes is 1. The van der Waals surface area contributed by atoms with Crippen LogP contribution in [-0.2, 0) is 4.79 Å². The van der Waals surface area contributed by atoms with Gasteiger partial charge in [0, 0.05) is 0 Å². The standard InChI is InChI=1S/C4H4O.C3H4O/c1-2-4-5-3-1;1-2-3-4/h1-4H;2-3H,1H2. The first-order chi connectivity index (χ1) is 4.41. The van der Waals surface area contributed by atoms with Crippen LogP contribution in [0.15, 0.2) is 41.7 Å².